The lowest BCUT2D eigenvalue weighted by molar-refractivity contribution is 0.766. The third-order valence-corrected chi connectivity index (χ3v) is 11.8. The summed E-state index contributed by atoms with van der Waals surface area (Å²) >= 11 is 0. The van der Waals surface area contributed by atoms with Gasteiger partial charge in [-0.05, 0) is 78.9 Å². The van der Waals surface area contributed by atoms with Crippen molar-refractivity contribution in [2.45, 2.75) is 5.41 Å². The van der Waals surface area contributed by atoms with Crippen LogP contribution >= 0.6 is 0 Å². The van der Waals surface area contributed by atoms with Crippen LogP contribution in [0.15, 0.2) is 206 Å². The molecule has 2 aliphatic carbocycles. The summed E-state index contributed by atoms with van der Waals surface area (Å²) < 4.78 is 0. The summed E-state index contributed by atoms with van der Waals surface area (Å²) in [5.74, 6) is 0.709. The molecule has 2 nitrogen and oxygen atoms in total. The quantitative estimate of drug-likeness (QED) is 0.177. The van der Waals surface area contributed by atoms with Gasteiger partial charge in [0.15, 0.2) is 5.82 Å². The maximum Gasteiger partial charge on any atom is 0.160 e. The molecule has 0 amide bonds. The van der Waals surface area contributed by atoms with E-state index in [1.54, 1.807) is 0 Å². The molecule has 1 aromatic heterocycles. The van der Waals surface area contributed by atoms with Crippen molar-refractivity contribution in [3.63, 3.8) is 0 Å². The maximum absolute atomic E-state index is 5.13. The van der Waals surface area contributed by atoms with Crippen LogP contribution in [0.4, 0.5) is 0 Å². The van der Waals surface area contributed by atoms with Crippen molar-refractivity contribution in [3.05, 3.63) is 240 Å². The number of hydrogen-bond donors (Lipinski definition) is 0. The van der Waals surface area contributed by atoms with Crippen molar-refractivity contribution in [2.75, 3.05) is 0 Å². The summed E-state index contributed by atoms with van der Waals surface area (Å²) in [6.45, 7) is 0. The van der Waals surface area contributed by atoms with E-state index in [1.165, 1.54) is 61.2 Å². The minimum atomic E-state index is -0.455. The van der Waals surface area contributed by atoms with Gasteiger partial charge < -0.3 is 0 Å². The summed E-state index contributed by atoms with van der Waals surface area (Å²) in [4.78, 5) is 10.2. The van der Waals surface area contributed by atoms with Gasteiger partial charge in [-0.25, -0.2) is 9.97 Å². The van der Waals surface area contributed by atoms with Crippen molar-refractivity contribution in [2.24, 2.45) is 0 Å². The van der Waals surface area contributed by atoms with Crippen LogP contribution in [-0.4, -0.2) is 9.97 Å². The minimum absolute atomic E-state index is 0.455. The van der Waals surface area contributed by atoms with Gasteiger partial charge in [-0.15, -0.1) is 0 Å². The van der Waals surface area contributed by atoms with Crippen LogP contribution in [0.25, 0.3) is 79.4 Å². The molecule has 0 radical (unpaired) electrons. The van der Waals surface area contributed by atoms with Crippen molar-refractivity contribution in [1.82, 2.24) is 9.97 Å². The average Bonchev–Trinajstić information content (AvgIpc) is 3.51. The molecule has 0 unspecified atom stereocenters. The standard InChI is InChI=1S/C55H36N2/c1-3-13-37(14-4-1)38-23-30-42(31-24-38)52-36-53(57-54(56-52)44-16-5-2-6-17-44)43-32-25-39(26-33-43)45-34-29-41-28-27-40-15-7-10-20-48(40)55(51(41)35-45)49-21-11-8-18-46(49)47-19-9-12-22-50(47)55/h1-36H. The molecule has 0 aliphatic heterocycles. The van der Waals surface area contributed by atoms with E-state index in [4.69, 9.17) is 9.97 Å². The SMILES string of the molecule is C1=Cc2ccc(-c3ccc(-c4cc(-c5ccc(-c6ccccc6)cc5)nc(-c5ccccc5)n4)cc3)cc2C2(c3ccccc31)c1ccccc1-c1ccccc12. The summed E-state index contributed by atoms with van der Waals surface area (Å²) in [6, 6.07) is 74.3. The summed E-state index contributed by atoms with van der Waals surface area (Å²) in [5.41, 5.74) is 19.5. The third-order valence-electron chi connectivity index (χ3n) is 11.8. The van der Waals surface area contributed by atoms with Gasteiger partial charge in [0.2, 0.25) is 0 Å². The molecule has 8 aromatic carbocycles. The lowest BCUT2D eigenvalue weighted by atomic mass is 9.65. The molecule has 1 heterocycles. The van der Waals surface area contributed by atoms with Gasteiger partial charge in [0.25, 0.3) is 0 Å². The molecule has 11 rings (SSSR count). The number of nitrogens with zero attached hydrogens (tertiary/aromatic N) is 2. The molecule has 0 fully saturated rings. The average molecular weight is 725 g/mol. The first-order chi connectivity index (χ1) is 28.2. The van der Waals surface area contributed by atoms with Crippen LogP contribution in [0.2, 0.25) is 0 Å². The zero-order valence-electron chi connectivity index (χ0n) is 31.2. The van der Waals surface area contributed by atoms with E-state index in [-0.39, 0.29) is 0 Å². The molecule has 0 atom stereocenters. The van der Waals surface area contributed by atoms with Crippen LogP contribution in [0.3, 0.4) is 0 Å². The Morgan fingerprint density at radius 3 is 1.30 bits per heavy atom. The van der Waals surface area contributed by atoms with Gasteiger partial charge in [0, 0.05) is 16.7 Å². The second-order valence-corrected chi connectivity index (χ2v) is 14.9. The number of benzene rings is 8. The van der Waals surface area contributed by atoms with Crippen molar-refractivity contribution in [1.29, 1.82) is 0 Å². The van der Waals surface area contributed by atoms with E-state index < -0.39 is 5.41 Å². The van der Waals surface area contributed by atoms with Crippen molar-refractivity contribution in [3.8, 4) is 67.3 Å². The Balaban J connectivity index is 1.02. The lowest BCUT2D eigenvalue weighted by Crippen LogP contribution is -2.30. The van der Waals surface area contributed by atoms with Gasteiger partial charge in [0.1, 0.15) is 0 Å². The fraction of sp³-hybridized carbons (Fsp3) is 0.0182. The predicted octanol–water partition coefficient (Wildman–Crippen LogP) is 13.7. The highest BCUT2D eigenvalue weighted by molar-refractivity contribution is 5.92. The molecule has 0 bridgehead atoms. The minimum Gasteiger partial charge on any atom is -0.228 e. The van der Waals surface area contributed by atoms with Crippen molar-refractivity contribution < 1.29 is 0 Å². The molecule has 0 saturated heterocycles. The second kappa shape index (κ2) is 13.4. The molecule has 2 aliphatic rings. The zero-order chi connectivity index (χ0) is 37.8. The van der Waals surface area contributed by atoms with Gasteiger partial charge in [-0.1, -0.05) is 206 Å². The Labute approximate surface area is 333 Å². The van der Waals surface area contributed by atoms with E-state index in [0.717, 1.165) is 33.6 Å². The third kappa shape index (κ3) is 5.41. The monoisotopic (exact) mass is 724 g/mol. The molecule has 2 heteroatoms. The van der Waals surface area contributed by atoms with Crippen LogP contribution in [0.5, 0.6) is 0 Å². The van der Waals surface area contributed by atoms with Gasteiger partial charge >= 0.3 is 0 Å². The summed E-state index contributed by atoms with van der Waals surface area (Å²) in [6.07, 6.45) is 4.59. The summed E-state index contributed by atoms with van der Waals surface area (Å²) in [5, 5.41) is 0. The summed E-state index contributed by atoms with van der Waals surface area (Å²) in [7, 11) is 0. The first kappa shape index (κ1) is 33.0. The van der Waals surface area contributed by atoms with Crippen LogP contribution < -0.4 is 0 Å². The Morgan fingerprint density at radius 2 is 0.702 bits per heavy atom. The molecule has 1 spiro atoms. The smallest absolute Gasteiger partial charge is 0.160 e. The number of fused-ring (bicyclic) bond motifs is 9. The molecule has 57 heavy (non-hydrogen) atoms. The highest BCUT2D eigenvalue weighted by Crippen LogP contribution is 2.58. The highest BCUT2D eigenvalue weighted by Gasteiger charge is 2.48. The van der Waals surface area contributed by atoms with Crippen LogP contribution in [0, 0.1) is 0 Å². The molecule has 9 aromatic rings. The van der Waals surface area contributed by atoms with E-state index in [2.05, 4.69) is 194 Å². The molecular weight excluding hydrogens is 689 g/mol. The largest absolute Gasteiger partial charge is 0.228 e. The first-order valence-corrected chi connectivity index (χ1v) is 19.6. The Kier molecular flexibility index (Phi) is 7.75. The second-order valence-electron chi connectivity index (χ2n) is 14.9. The highest BCUT2D eigenvalue weighted by atomic mass is 14.9. The molecular formula is C55H36N2. The number of hydrogen-bond acceptors (Lipinski definition) is 2. The van der Waals surface area contributed by atoms with Crippen LogP contribution in [0.1, 0.15) is 33.4 Å². The van der Waals surface area contributed by atoms with E-state index in [0.29, 0.717) is 5.82 Å². The Bertz CT molecular complexity index is 2930. The molecule has 266 valence electrons. The molecule has 0 N–H and O–H groups in total. The fourth-order valence-corrected chi connectivity index (χ4v) is 9.09. The normalized spacial score (nSPS) is 13.0. The van der Waals surface area contributed by atoms with E-state index in [9.17, 15) is 0 Å². The molecule has 0 saturated carbocycles. The van der Waals surface area contributed by atoms with E-state index >= 15 is 0 Å². The predicted molar refractivity (Wildman–Crippen MR) is 235 cm³/mol. The fourth-order valence-electron chi connectivity index (χ4n) is 9.09. The topological polar surface area (TPSA) is 25.8 Å². The number of rotatable bonds is 5. The maximum atomic E-state index is 5.13. The van der Waals surface area contributed by atoms with Crippen molar-refractivity contribution >= 4 is 12.2 Å². The van der Waals surface area contributed by atoms with Gasteiger partial charge in [0.05, 0.1) is 16.8 Å². The Morgan fingerprint density at radius 1 is 0.281 bits per heavy atom. The van der Waals surface area contributed by atoms with Gasteiger partial charge in [-0.2, -0.15) is 0 Å². The van der Waals surface area contributed by atoms with E-state index in [1.807, 2.05) is 24.3 Å². The van der Waals surface area contributed by atoms with Gasteiger partial charge in [-0.3, -0.25) is 0 Å². The Hall–Kier alpha value is -7.42. The first-order valence-electron chi connectivity index (χ1n) is 19.6. The zero-order valence-corrected chi connectivity index (χ0v) is 31.2. The number of aromatic nitrogens is 2. The lowest BCUT2D eigenvalue weighted by Gasteiger charge is -2.35. The van der Waals surface area contributed by atoms with Crippen LogP contribution in [-0.2, 0) is 5.41 Å².